The Hall–Kier alpha value is -0.570. The molecule has 0 aromatic carbocycles. The molecule has 0 aromatic rings. The highest BCUT2D eigenvalue weighted by Crippen LogP contribution is 1.88. The van der Waals surface area contributed by atoms with Crippen LogP contribution in [0.15, 0.2) is 0 Å². The van der Waals surface area contributed by atoms with Gasteiger partial charge in [0.05, 0.1) is 6.61 Å². The van der Waals surface area contributed by atoms with E-state index < -0.39 is 0 Å². The molecule has 0 heterocycles. The monoisotopic (exact) mass is 160 g/mol. The Morgan fingerprint density at radius 3 is 2.55 bits per heavy atom. The minimum absolute atomic E-state index is 0.138. The van der Waals surface area contributed by atoms with Crippen molar-refractivity contribution >= 4 is 5.97 Å². The number of carbonyl (C=O) groups is 1. The molecule has 0 N–H and O–H groups in total. The topological polar surface area (TPSA) is 35.5 Å². The van der Waals surface area contributed by atoms with Crippen LogP contribution < -0.4 is 0 Å². The van der Waals surface area contributed by atoms with E-state index in [2.05, 4.69) is 0 Å². The molecular formula is C8H16O3. The van der Waals surface area contributed by atoms with Crippen LogP contribution in [0.5, 0.6) is 0 Å². The van der Waals surface area contributed by atoms with Gasteiger partial charge in [-0.3, -0.25) is 4.79 Å². The van der Waals surface area contributed by atoms with Crippen LogP contribution in [0, 0.1) is 0 Å². The van der Waals surface area contributed by atoms with E-state index in [4.69, 9.17) is 9.47 Å². The van der Waals surface area contributed by atoms with Gasteiger partial charge in [-0.1, -0.05) is 6.92 Å². The van der Waals surface area contributed by atoms with Crippen LogP contribution in [0.25, 0.3) is 0 Å². The second-order valence-electron chi connectivity index (χ2n) is 2.12. The second-order valence-corrected chi connectivity index (χ2v) is 2.12. The molecule has 0 aliphatic heterocycles. The summed E-state index contributed by atoms with van der Waals surface area (Å²) in [7, 11) is 0. The van der Waals surface area contributed by atoms with E-state index in [-0.39, 0.29) is 5.97 Å². The van der Waals surface area contributed by atoms with Crippen molar-refractivity contribution in [3.8, 4) is 0 Å². The molecule has 3 nitrogen and oxygen atoms in total. The Labute approximate surface area is 67.7 Å². The van der Waals surface area contributed by atoms with Gasteiger partial charge in [-0.25, -0.2) is 0 Å². The first-order valence-electron chi connectivity index (χ1n) is 4.04. The van der Waals surface area contributed by atoms with Gasteiger partial charge in [0.25, 0.3) is 0 Å². The van der Waals surface area contributed by atoms with Gasteiger partial charge < -0.3 is 9.47 Å². The molecule has 0 atom stereocenters. The average molecular weight is 160 g/mol. The highest BCUT2D eigenvalue weighted by molar-refractivity contribution is 5.68. The molecule has 0 unspecified atom stereocenters. The van der Waals surface area contributed by atoms with Crippen LogP contribution in [0.1, 0.15) is 26.7 Å². The van der Waals surface area contributed by atoms with Crippen molar-refractivity contribution in [2.45, 2.75) is 26.7 Å². The highest BCUT2D eigenvalue weighted by Gasteiger charge is 1.96. The van der Waals surface area contributed by atoms with Gasteiger partial charge >= 0.3 is 5.97 Å². The quantitative estimate of drug-likeness (QED) is 0.435. The molecule has 0 fully saturated rings. The average Bonchev–Trinajstić information content (AvgIpc) is 2.04. The lowest BCUT2D eigenvalue weighted by atomic mass is 10.4. The zero-order chi connectivity index (χ0) is 8.53. The molecule has 0 saturated carbocycles. The van der Waals surface area contributed by atoms with E-state index in [0.29, 0.717) is 19.6 Å². The third-order valence-corrected chi connectivity index (χ3v) is 1.19. The first-order chi connectivity index (χ1) is 5.31. The normalized spacial score (nSPS) is 9.64. The predicted octanol–water partition coefficient (Wildman–Crippen LogP) is 1.37. The van der Waals surface area contributed by atoms with Crippen molar-refractivity contribution in [2.24, 2.45) is 0 Å². The number of rotatable bonds is 6. The summed E-state index contributed by atoms with van der Waals surface area (Å²) >= 11 is 0. The zero-order valence-corrected chi connectivity index (χ0v) is 7.26. The molecule has 11 heavy (non-hydrogen) atoms. The lowest BCUT2D eigenvalue weighted by molar-refractivity contribution is -0.143. The smallest absolute Gasteiger partial charge is 0.305 e. The molecule has 0 aromatic heterocycles. The number of ether oxygens (including phenoxy) is 2. The van der Waals surface area contributed by atoms with Crippen molar-refractivity contribution < 1.29 is 14.3 Å². The standard InChI is InChI=1S/C8H16O3/c1-3-8(9)11-7-5-6-10-4-2/h3-7H2,1-2H3. The third-order valence-electron chi connectivity index (χ3n) is 1.19. The Morgan fingerprint density at radius 1 is 1.27 bits per heavy atom. The van der Waals surface area contributed by atoms with E-state index in [9.17, 15) is 4.79 Å². The fraction of sp³-hybridized carbons (Fsp3) is 0.875. The molecule has 0 bridgehead atoms. The molecule has 3 heteroatoms. The Morgan fingerprint density at radius 2 is 2.00 bits per heavy atom. The fourth-order valence-electron chi connectivity index (χ4n) is 0.593. The Balaban J connectivity index is 2.95. The predicted molar refractivity (Wildman–Crippen MR) is 42.4 cm³/mol. The van der Waals surface area contributed by atoms with E-state index >= 15 is 0 Å². The van der Waals surface area contributed by atoms with Gasteiger partial charge in [-0.15, -0.1) is 0 Å². The molecule has 0 aliphatic carbocycles. The van der Waals surface area contributed by atoms with Gasteiger partial charge in [0.1, 0.15) is 0 Å². The maximum absolute atomic E-state index is 10.6. The first kappa shape index (κ1) is 10.4. The minimum Gasteiger partial charge on any atom is -0.466 e. The van der Waals surface area contributed by atoms with E-state index in [1.807, 2.05) is 6.92 Å². The van der Waals surface area contributed by atoms with Gasteiger partial charge in [-0.2, -0.15) is 0 Å². The van der Waals surface area contributed by atoms with Crippen LogP contribution in [0.2, 0.25) is 0 Å². The van der Waals surface area contributed by atoms with Gasteiger partial charge in [0.15, 0.2) is 0 Å². The zero-order valence-electron chi connectivity index (χ0n) is 7.26. The lowest BCUT2D eigenvalue weighted by Gasteiger charge is -2.02. The van der Waals surface area contributed by atoms with E-state index in [0.717, 1.165) is 13.0 Å². The summed E-state index contributed by atoms with van der Waals surface area (Å²) < 4.78 is 9.88. The summed E-state index contributed by atoms with van der Waals surface area (Å²) in [4.78, 5) is 10.6. The molecule has 0 rings (SSSR count). The molecule has 0 amide bonds. The summed E-state index contributed by atoms with van der Waals surface area (Å²) in [6.07, 6.45) is 1.24. The van der Waals surface area contributed by atoms with Gasteiger partial charge in [0, 0.05) is 26.1 Å². The Bertz CT molecular complexity index is 102. The van der Waals surface area contributed by atoms with Crippen molar-refractivity contribution in [1.82, 2.24) is 0 Å². The molecular weight excluding hydrogens is 144 g/mol. The summed E-state index contributed by atoms with van der Waals surface area (Å²) in [6, 6.07) is 0. The summed E-state index contributed by atoms with van der Waals surface area (Å²) in [5.41, 5.74) is 0. The van der Waals surface area contributed by atoms with Crippen LogP contribution in [-0.4, -0.2) is 25.8 Å². The van der Waals surface area contributed by atoms with E-state index in [1.54, 1.807) is 6.92 Å². The maximum Gasteiger partial charge on any atom is 0.305 e. The molecule has 0 spiro atoms. The molecule has 66 valence electrons. The van der Waals surface area contributed by atoms with Crippen LogP contribution >= 0.6 is 0 Å². The third kappa shape index (κ3) is 7.33. The van der Waals surface area contributed by atoms with Crippen molar-refractivity contribution in [3.05, 3.63) is 0 Å². The summed E-state index contributed by atoms with van der Waals surface area (Å²) in [5.74, 6) is -0.138. The van der Waals surface area contributed by atoms with Crippen molar-refractivity contribution in [3.63, 3.8) is 0 Å². The number of carbonyl (C=O) groups excluding carboxylic acids is 1. The molecule has 0 aliphatic rings. The largest absolute Gasteiger partial charge is 0.466 e. The lowest BCUT2D eigenvalue weighted by Crippen LogP contribution is -2.06. The van der Waals surface area contributed by atoms with Gasteiger partial charge in [0.2, 0.25) is 0 Å². The summed E-state index contributed by atoms with van der Waals surface area (Å²) in [5, 5.41) is 0. The van der Waals surface area contributed by atoms with Gasteiger partial charge in [-0.05, 0) is 6.92 Å². The summed E-state index contributed by atoms with van der Waals surface area (Å²) in [6.45, 7) is 5.60. The number of hydrogen-bond donors (Lipinski definition) is 0. The maximum atomic E-state index is 10.6. The van der Waals surface area contributed by atoms with Crippen molar-refractivity contribution in [1.29, 1.82) is 0 Å². The Kier molecular flexibility index (Phi) is 7.15. The minimum atomic E-state index is -0.138. The first-order valence-corrected chi connectivity index (χ1v) is 4.04. The van der Waals surface area contributed by atoms with Crippen LogP contribution in [-0.2, 0) is 14.3 Å². The molecule has 0 radical (unpaired) electrons. The molecule has 0 saturated heterocycles. The number of hydrogen-bond acceptors (Lipinski definition) is 3. The fourth-order valence-corrected chi connectivity index (χ4v) is 0.593. The second kappa shape index (κ2) is 7.54. The van der Waals surface area contributed by atoms with Crippen molar-refractivity contribution in [2.75, 3.05) is 19.8 Å². The van der Waals surface area contributed by atoms with Crippen LogP contribution in [0.3, 0.4) is 0 Å². The van der Waals surface area contributed by atoms with Crippen LogP contribution in [0.4, 0.5) is 0 Å². The number of esters is 1. The SMILES string of the molecule is CCOCCCOC(=O)CC. The highest BCUT2D eigenvalue weighted by atomic mass is 16.5. The van der Waals surface area contributed by atoms with E-state index in [1.165, 1.54) is 0 Å².